The van der Waals surface area contributed by atoms with E-state index in [2.05, 4.69) is 4.74 Å². The molecule has 0 bridgehead atoms. The molecule has 0 aliphatic heterocycles. The van der Waals surface area contributed by atoms with Gasteiger partial charge in [-0.2, -0.15) is 0 Å². The molecule has 0 aromatic heterocycles. The number of carbonyl (C=O) groups excluding carboxylic acids is 2. The van der Waals surface area contributed by atoms with E-state index in [1.54, 1.807) is 4.72 Å². The highest BCUT2D eigenvalue weighted by Gasteiger charge is 2.47. The topological polar surface area (TPSA) is 92.7 Å². The lowest BCUT2D eigenvalue weighted by Crippen LogP contribution is -2.31. The van der Waals surface area contributed by atoms with Crippen LogP contribution in [0.15, 0.2) is 0 Å². The van der Waals surface area contributed by atoms with Crippen LogP contribution in [-0.2, 0) is 20.8 Å². The van der Waals surface area contributed by atoms with Crippen molar-refractivity contribution in [2.45, 2.75) is 18.4 Å². The molecule has 2 N–H and O–H groups in total. The third-order valence-electron chi connectivity index (χ3n) is 1.42. The van der Waals surface area contributed by atoms with E-state index in [0.717, 1.165) is 0 Å². The third-order valence-corrected chi connectivity index (χ3v) is 1.77. The number of rotatable bonds is 3. The molecule has 1 amide bonds. The quantitative estimate of drug-likeness (QED) is 0.469. The molecule has 0 heterocycles. The summed E-state index contributed by atoms with van der Waals surface area (Å²) in [7, 11) is 0. The van der Waals surface area contributed by atoms with Crippen LogP contribution in [0.1, 0.15) is 12.8 Å². The first kappa shape index (κ1) is 9.14. The monoisotopic (exact) mass is 193 g/mol. The van der Waals surface area contributed by atoms with Gasteiger partial charge in [-0.25, -0.2) is 13.7 Å². The lowest BCUT2D eigenvalue weighted by atomic mass is 10.4. The second-order valence-corrected chi connectivity index (χ2v) is 3.13. The van der Waals surface area contributed by atoms with Crippen molar-refractivity contribution in [3.8, 4) is 0 Å². The van der Waals surface area contributed by atoms with Gasteiger partial charge >= 0.3 is 6.09 Å². The number of amides is 1. The fraction of sp³-hybridized carbons (Fsp3) is 0.600. The normalized spacial score (nSPS) is 20.8. The molecule has 0 radical (unpaired) electrons. The molecule has 1 atom stereocenters. The summed E-state index contributed by atoms with van der Waals surface area (Å²) in [5.74, 6) is 0. The van der Waals surface area contributed by atoms with Gasteiger partial charge in [0.1, 0.15) is 0 Å². The van der Waals surface area contributed by atoms with Crippen LogP contribution in [0.5, 0.6) is 0 Å². The summed E-state index contributed by atoms with van der Waals surface area (Å²) in [6.07, 6.45) is 0.414. The fourth-order valence-electron chi connectivity index (χ4n) is 0.644. The molecule has 1 unspecified atom stereocenters. The molecule has 1 saturated carbocycles. The van der Waals surface area contributed by atoms with E-state index in [9.17, 15) is 13.8 Å². The Morgan fingerprint density at radius 3 is 2.58 bits per heavy atom. The molecule has 1 aliphatic rings. The Morgan fingerprint density at radius 2 is 2.25 bits per heavy atom. The van der Waals surface area contributed by atoms with Crippen LogP contribution in [0, 0.1) is 0 Å². The number of aldehydes is 1. The number of hydrogen-bond acceptors (Lipinski definition) is 4. The molecule has 1 fully saturated rings. The van der Waals surface area contributed by atoms with Gasteiger partial charge < -0.3 is 4.74 Å². The largest absolute Gasteiger partial charge is 0.435 e. The zero-order chi connectivity index (χ0) is 9.19. The molecule has 0 spiro atoms. The Labute approximate surface area is 70.7 Å². The minimum absolute atomic E-state index is 0.474. The lowest BCUT2D eigenvalue weighted by molar-refractivity contribution is -0.116. The lowest BCUT2D eigenvalue weighted by Gasteiger charge is -2.07. The summed E-state index contributed by atoms with van der Waals surface area (Å²) in [6, 6.07) is 0. The predicted octanol–water partition coefficient (Wildman–Crippen LogP) is -0.419. The van der Waals surface area contributed by atoms with Gasteiger partial charge in [0.15, 0.2) is 11.9 Å². The first-order valence-electron chi connectivity index (χ1n) is 3.15. The van der Waals surface area contributed by atoms with Crippen LogP contribution in [-0.4, -0.2) is 26.7 Å². The number of ether oxygens (including phenoxy) is 1. The van der Waals surface area contributed by atoms with Crippen molar-refractivity contribution in [1.82, 2.24) is 4.72 Å². The van der Waals surface area contributed by atoms with Gasteiger partial charge in [0.25, 0.3) is 11.3 Å². The summed E-state index contributed by atoms with van der Waals surface area (Å²) in [5, 5.41) is 0. The van der Waals surface area contributed by atoms with Crippen LogP contribution in [0.25, 0.3) is 0 Å². The smallest absolute Gasteiger partial charge is 0.421 e. The number of nitrogens with one attached hydrogen (secondary N) is 1. The SMILES string of the molecule is O=CC1(OC(=O)NS(=O)O)CC1. The third kappa shape index (κ3) is 2.28. The summed E-state index contributed by atoms with van der Waals surface area (Å²) in [6.45, 7) is 0. The molecule has 68 valence electrons. The molecule has 6 nitrogen and oxygen atoms in total. The van der Waals surface area contributed by atoms with E-state index >= 15 is 0 Å². The highest BCUT2D eigenvalue weighted by atomic mass is 32.2. The first-order valence-corrected chi connectivity index (χ1v) is 4.25. The van der Waals surface area contributed by atoms with Gasteiger partial charge in [0.2, 0.25) is 0 Å². The zero-order valence-corrected chi connectivity index (χ0v) is 6.80. The average Bonchev–Trinajstić information content (AvgIpc) is 2.67. The Bertz CT molecular complexity index is 236. The van der Waals surface area contributed by atoms with E-state index in [1.165, 1.54) is 0 Å². The van der Waals surface area contributed by atoms with Gasteiger partial charge in [-0.3, -0.25) is 9.35 Å². The van der Waals surface area contributed by atoms with Crippen molar-refractivity contribution in [2.24, 2.45) is 0 Å². The van der Waals surface area contributed by atoms with Crippen molar-refractivity contribution in [3.05, 3.63) is 0 Å². The summed E-state index contributed by atoms with van der Waals surface area (Å²) < 4.78 is 24.3. The molecule has 0 aromatic rings. The van der Waals surface area contributed by atoms with E-state index < -0.39 is 23.0 Å². The van der Waals surface area contributed by atoms with Gasteiger partial charge in [-0.1, -0.05) is 0 Å². The maximum absolute atomic E-state index is 10.6. The van der Waals surface area contributed by atoms with E-state index in [-0.39, 0.29) is 0 Å². The van der Waals surface area contributed by atoms with Crippen molar-refractivity contribution < 1.29 is 23.1 Å². The van der Waals surface area contributed by atoms with Crippen LogP contribution >= 0.6 is 0 Å². The molecule has 1 aliphatic carbocycles. The van der Waals surface area contributed by atoms with E-state index in [1.807, 2.05) is 0 Å². The predicted molar refractivity (Wildman–Crippen MR) is 38.4 cm³/mol. The Hall–Kier alpha value is -0.950. The number of carbonyl (C=O) groups is 2. The van der Waals surface area contributed by atoms with Crippen molar-refractivity contribution in [2.75, 3.05) is 0 Å². The summed E-state index contributed by atoms with van der Waals surface area (Å²) >= 11 is -2.45. The Kier molecular flexibility index (Phi) is 2.43. The van der Waals surface area contributed by atoms with Gasteiger partial charge in [0.05, 0.1) is 0 Å². The second-order valence-electron chi connectivity index (χ2n) is 2.42. The van der Waals surface area contributed by atoms with Crippen LogP contribution in [0.2, 0.25) is 0 Å². The molecule has 1 rings (SSSR count). The molecule has 0 aromatic carbocycles. The second kappa shape index (κ2) is 3.20. The Balaban J connectivity index is 2.36. The van der Waals surface area contributed by atoms with Gasteiger partial charge in [-0.05, 0) is 12.8 Å². The van der Waals surface area contributed by atoms with Crippen molar-refractivity contribution >= 4 is 23.6 Å². The highest BCUT2D eigenvalue weighted by Crippen LogP contribution is 2.37. The number of hydrogen-bond donors (Lipinski definition) is 2. The highest BCUT2D eigenvalue weighted by molar-refractivity contribution is 7.77. The molecule has 12 heavy (non-hydrogen) atoms. The molecule has 7 heteroatoms. The summed E-state index contributed by atoms with van der Waals surface area (Å²) in [5.41, 5.74) is -1.04. The van der Waals surface area contributed by atoms with Crippen molar-refractivity contribution in [3.63, 3.8) is 0 Å². The van der Waals surface area contributed by atoms with Gasteiger partial charge in [-0.15, -0.1) is 0 Å². The van der Waals surface area contributed by atoms with Crippen LogP contribution in [0.3, 0.4) is 0 Å². The van der Waals surface area contributed by atoms with Gasteiger partial charge in [0, 0.05) is 0 Å². The van der Waals surface area contributed by atoms with E-state index in [0.29, 0.717) is 19.1 Å². The zero-order valence-electron chi connectivity index (χ0n) is 5.98. The Morgan fingerprint density at radius 1 is 1.67 bits per heavy atom. The first-order chi connectivity index (χ1) is 5.58. The van der Waals surface area contributed by atoms with Crippen LogP contribution < -0.4 is 4.72 Å². The minimum Gasteiger partial charge on any atom is -0.435 e. The average molecular weight is 193 g/mol. The standard InChI is InChI=1S/C5H7NO5S/c7-3-5(1-2-5)11-4(8)6-12(9)10/h3H,1-2H2,(H,6,8)(H,9,10). The molecular weight excluding hydrogens is 186 g/mol. The summed E-state index contributed by atoms with van der Waals surface area (Å²) in [4.78, 5) is 20.9. The molecule has 0 saturated heterocycles. The minimum atomic E-state index is -2.45. The van der Waals surface area contributed by atoms with Crippen LogP contribution in [0.4, 0.5) is 4.79 Å². The van der Waals surface area contributed by atoms with Crippen molar-refractivity contribution in [1.29, 1.82) is 0 Å². The molecular formula is C5H7NO5S. The van der Waals surface area contributed by atoms with E-state index in [4.69, 9.17) is 4.55 Å². The maximum atomic E-state index is 10.6. The maximum Gasteiger partial charge on any atom is 0.421 e. The fourth-order valence-corrected chi connectivity index (χ4v) is 0.828.